The summed E-state index contributed by atoms with van der Waals surface area (Å²) in [5, 5.41) is 13.6. The highest BCUT2D eigenvalue weighted by Crippen LogP contribution is 1.98. The Hall–Kier alpha value is -1.98. The summed E-state index contributed by atoms with van der Waals surface area (Å²) in [5.41, 5.74) is 0.818. The van der Waals surface area contributed by atoms with Crippen LogP contribution in [0.25, 0.3) is 0 Å². The number of carbonyl (C=O) groups excluding carboxylic acids is 1. The fraction of sp³-hybridized carbons (Fsp3) is 0.400. The maximum atomic E-state index is 11.3. The number of carboxylic acid groups (broad SMARTS) is 1. The molecule has 0 fully saturated rings. The number of furan rings is 1. The van der Waals surface area contributed by atoms with E-state index in [4.69, 9.17) is 9.52 Å². The minimum absolute atomic E-state index is 0.304. The predicted molar refractivity (Wildman–Crippen MR) is 55.8 cm³/mol. The lowest BCUT2D eigenvalue weighted by Gasteiger charge is -2.12. The Morgan fingerprint density at radius 1 is 1.56 bits per heavy atom. The van der Waals surface area contributed by atoms with Crippen LogP contribution in [0.4, 0.5) is 4.79 Å². The monoisotopic (exact) mass is 226 g/mol. The van der Waals surface area contributed by atoms with Gasteiger partial charge < -0.3 is 20.2 Å². The molecule has 0 saturated carbocycles. The van der Waals surface area contributed by atoms with Crippen LogP contribution in [0.5, 0.6) is 0 Å². The highest BCUT2D eigenvalue weighted by molar-refractivity contribution is 5.82. The number of urea groups is 1. The molecule has 0 aliphatic carbocycles. The van der Waals surface area contributed by atoms with Gasteiger partial charge >= 0.3 is 12.0 Å². The van der Waals surface area contributed by atoms with Gasteiger partial charge in [0, 0.05) is 12.1 Å². The molecule has 1 heterocycles. The Balaban J connectivity index is 2.33. The second-order valence-electron chi connectivity index (χ2n) is 3.26. The van der Waals surface area contributed by atoms with E-state index in [1.54, 1.807) is 13.0 Å². The molecule has 1 atom stereocenters. The molecular formula is C10H14N2O4. The molecule has 0 spiro atoms. The summed E-state index contributed by atoms with van der Waals surface area (Å²) >= 11 is 0. The van der Waals surface area contributed by atoms with Crippen molar-refractivity contribution in [3.63, 3.8) is 0 Å². The number of amides is 2. The van der Waals surface area contributed by atoms with Crippen LogP contribution in [0.2, 0.25) is 0 Å². The van der Waals surface area contributed by atoms with Crippen LogP contribution in [0.1, 0.15) is 18.9 Å². The van der Waals surface area contributed by atoms with E-state index in [1.807, 2.05) is 0 Å². The van der Waals surface area contributed by atoms with Crippen LogP contribution < -0.4 is 10.6 Å². The van der Waals surface area contributed by atoms with Crippen molar-refractivity contribution >= 4 is 12.0 Å². The van der Waals surface area contributed by atoms with Gasteiger partial charge in [0.15, 0.2) is 0 Å². The predicted octanol–water partition coefficient (Wildman–Crippen LogP) is 0.942. The quantitative estimate of drug-likeness (QED) is 0.696. The smallest absolute Gasteiger partial charge is 0.326 e. The second-order valence-corrected chi connectivity index (χ2v) is 3.26. The Labute approximate surface area is 92.6 Å². The first kappa shape index (κ1) is 12.1. The SMILES string of the molecule is CC[C@H](NC(=O)NCc1ccoc1)C(=O)O. The highest BCUT2D eigenvalue weighted by Gasteiger charge is 2.16. The lowest BCUT2D eigenvalue weighted by Crippen LogP contribution is -2.45. The zero-order valence-electron chi connectivity index (χ0n) is 8.90. The maximum Gasteiger partial charge on any atom is 0.326 e. The fourth-order valence-electron chi connectivity index (χ4n) is 1.12. The first-order valence-electron chi connectivity index (χ1n) is 4.91. The summed E-state index contributed by atoms with van der Waals surface area (Å²) in [7, 11) is 0. The number of carbonyl (C=O) groups is 2. The van der Waals surface area contributed by atoms with E-state index in [9.17, 15) is 9.59 Å². The molecule has 3 N–H and O–H groups in total. The molecule has 0 aromatic carbocycles. The Bertz CT molecular complexity index is 348. The molecule has 0 aliphatic heterocycles. The van der Waals surface area contributed by atoms with Gasteiger partial charge in [-0.1, -0.05) is 6.92 Å². The third-order valence-corrected chi connectivity index (χ3v) is 2.04. The maximum absolute atomic E-state index is 11.3. The van der Waals surface area contributed by atoms with Crippen molar-refractivity contribution in [3.05, 3.63) is 24.2 Å². The van der Waals surface area contributed by atoms with Crippen LogP contribution in [0.15, 0.2) is 23.0 Å². The van der Waals surface area contributed by atoms with E-state index in [-0.39, 0.29) is 0 Å². The second kappa shape index (κ2) is 5.79. The molecular weight excluding hydrogens is 212 g/mol. The summed E-state index contributed by atoms with van der Waals surface area (Å²) < 4.78 is 4.82. The fourth-order valence-corrected chi connectivity index (χ4v) is 1.12. The molecule has 88 valence electrons. The third-order valence-electron chi connectivity index (χ3n) is 2.04. The molecule has 0 unspecified atom stereocenters. The molecule has 6 heteroatoms. The Morgan fingerprint density at radius 3 is 2.81 bits per heavy atom. The molecule has 0 radical (unpaired) electrons. The van der Waals surface area contributed by atoms with E-state index in [1.165, 1.54) is 12.5 Å². The summed E-state index contributed by atoms with van der Waals surface area (Å²) in [5.74, 6) is -1.04. The molecule has 16 heavy (non-hydrogen) atoms. The van der Waals surface area contributed by atoms with Gasteiger partial charge in [0.05, 0.1) is 12.5 Å². The van der Waals surface area contributed by atoms with Gasteiger partial charge in [-0.2, -0.15) is 0 Å². The molecule has 6 nitrogen and oxygen atoms in total. The Morgan fingerprint density at radius 2 is 2.31 bits per heavy atom. The number of carboxylic acids is 1. The summed E-state index contributed by atoms with van der Waals surface area (Å²) in [4.78, 5) is 21.9. The van der Waals surface area contributed by atoms with Gasteiger partial charge in [-0.15, -0.1) is 0 Å². The molecule has 0 saturated heterocycles. The Kier molecular flexibility index (Phi) is 4.38. The topological polar surface area (TPSA) is 91.6 Å². The van der Waals surface area contributed by atoms with Crippen LogP contribution in [-0.2, 0) is 11.3 Å². The number of nitrogens with one attached hydrogen (secondary N) is 2. The minimum atomic E-state index is -1.04. The molecule has 2 amide bonds. The standard InChI is InChI=1S/C10H14N2O4/c1-2-8(9(13)14)12-10(15)11-5-7-3-4-16-6-7/h3-4,6,8H,2,5H2,1H3,(H,13,14)(H2,11,12,15)/t8-/m0/s1. The normalized spacial score (nSPS) is 11.8. The van der Waals surface area contributed by atoms with Crippen molar-refractivity contribution in [1.82, 2.24) is 10.6 Å². The lowest BCUT2D eigenvalue weighted by atomic mass is 10.2. The zero-order chi connectivity index (χ0) is 12.0. The van der Waals surface area contributed by atoms with Gasteiger partial charge in [-0.05, 0) is 12.5 Å². The van der Waals surface area contributed by atoms with Gasteiger partial charge in [-0.3, -0.25) is 0 Å². The van der Waals surface area contributed by atoms with Crippen molar-refractivity contribution in [2.75, 3.05) is 0 Å². The van der Waals surface area contributed by atoms with E-state index >= 15 is 0 Å². The van der Waals surface area contributed by atoms with E-state index in [0.717, 1.165) is 5.56 Å². The van der Waals surface area contributed by atoms with Crippen molar-refractivity contribution in [3.8, 4) is 0 Å². The summed E-state index contributed by atoms with van der Waals surface area (Å²) in [6.45, 7) is 1.99. The average Bonchev–Trinajstić information content (AvgIpc) is 2.75. The molecule has 0 bridgehead atoms. The molecule has 1 aromatic rings. The van der Waals surface area contributed by atoms with Crippen molar-refractivity contribution < 1.29 is 19.1 Å². The van der Waals surface area contributed by atoms with Crippen molar-refractivity contribution in [1.29, 1.82) is 0 Å². The minimum Gasteiger partial charge on any atom is -0.480 e. The van der Waals surface area contributed by atoms with Crippen LogP contribution in [-0.4, -0.2) is 23.1 Å². The van der Waals surface area contributed by atoms with Crippen LogP contribution in [0, 0.1) is 0 Å². The van der Waals surface area contributed by atoms with E-state index in [2.05, 4.69) is 10.6 Å². The first-order valence-corrected chi connectivity index (χ1v) is 4.91. The van der Waals surface area contributed by atoms with E-state index < -0.39 is 18.0 Å². The average molecular weight is 226 g/mol. The molecule has 1 aromatic heterocycles. The van der Waals surface area contributed by atoms with Crippen molar-refractivity contribution in [2.45, 2.75) is 25.9 Å². The number of hydrogen-bond donors (Lipinski definition) is 3. The number of hydrogen-bond acceptors (Lipinski definition) is 3. The number of rotatable bonds is 5. The summed E-state index contributed by atoms with van der Waals surface area (Å²) in [6, 6.07) is 0.356. The van der Waals surface area contributed by atoms with Gasteiger partial charge in [-0.25, -0.2) is 9.59 Å². The van der Waals surface area contributed by atoms with Crippen LogP contribution >= 0.6 is 0 Å². The number of aliphatic carboxylic acids is 1. The van der Waals surface area contributed by atoms with E-state index in [0.29, 0.717) is 13.0 Å². The first-order chi connectivity index (χ1) is 7.63. The van der Waals surface area contributed by atoms with Gasteiger partial charge in [0.1, 0.15) is 6.04 Å². The van der Waals surface area contributed by atoms with Crippen LogP contribution in [0.3, 0.4) is 0 Å². The van der Waals surface area contributed by atoms with Gasteiger partial charge in [0.2, 0.25) is 0 Å². The lowest BCUT2D eigenvalue weighted by molar-refractivity contribution is -0.139. The molecule has 1 rings (SSSR count). The van der Waals surface area contributed by atoms with Gasteiger partial charge in [0.25, 0.3) is 0 Å². The largest absolute Gasteiger partial charge is 0.480 e. The zero-order valence-corrected chi connectivity index (χ0v) is 8.90. The summed E-state index contributed by atoms with van der Waals surface area (Å²) in [6.07, 6.45) is 3.35. The highest BCUT2D eigenvalue weighted by atomic mass is 16.4. The molecule has 0 aliphatic rings. The third kappa shape index (κ3) is 3.64. The van der Waals surface area contributed by atoms with Crippen molar-refractivity contribution in [2.24, 2.45) is 0 Å².